The van der Waals surface area contributed by atoms with Crippen LogP contribution >= 0.6 is 0 Å². The predicted molar refractivity (Wildman–Crippen MR) is 118 cm³/mol. The number of anilines is 1. The van der Waals surface area contributed by atoms with E-state index >= 15 is 0 Å². The Morgan fingerprint density at radius 1 is 1.38 bits per heavy atom. The maximum Gasteiger partial charge on any atom is 0.130 e. The summed E-state index contributed by atoms with van der Waals surface area (Å²) in [4.78, 5) is 14.1. The lowest BCUT2D eigenvalue weighted by molar-refractivity contribution is 0.0985. The Balaban J connectivity index is 1.93. The Hall–Kier alpha value is -2.77. The number of nitrogens with two attached hydrogens (primary N) is 1. The van der Waals surface area contributed by atoms with Crippen LogP contribution in [0.3, 0.4) is 0 Å². The summed E-state index contributed by atoms with van der Waals surface area (Å²) < 4.78 is 5.62. The quantitative estimate of drug-likeness (QED) is 0.777. The third-order valence-corrected chi connectivity index (χ3v) is 5.67. The highest BCUT2D eigenvalue weighted by Crippen LogP contribution is 2.34. The third kappa shape index (κ3) is 3.88. The first-order valence-electron chi connectivity index (χ1n) is 10.1. The van der Waals surface area contributed by atoms with E-state index in [1.807, 2.05) is 6.07 Å². The molecule has 1 saturated heterocycles. The highest BCUT2D eigenvalue weighted by Gasteiger charge is 2.23. The van der Waals surface area contributed by atoms with E-state index in [0.717, 1.165) is 42.8 Å². The van der Waals surface area contributed by atoms with Crippen LogP contribution < -0.4 is 10.6 Å². The number of hydrogen-bond acceptors (Lipinski definition) is 7. The largest absolute Gasteiger partial charge is 0.397 e. The summed E-state index contributed by atoms with van der Waals surface area (Å²) in [5.74, 6) is 0.931. The lowest BCUT2D eigenvalue weighted by atomic mass is 9.95. The first-order valence-corrected chi connectivity index (χ1v) is 10.1. The van der Waals surface area contributed by atoms with Crippen molar-refractivity contribution < 1.29 is 4.74 Å². The van der Waals surface area contributed by atoms with E-state index in [4.69, 9.17) is 20.9 Å². The van der Waals surface area contributed by atoms with Crippen LogP contribution in [0.1, 0.15) is 24.6 Å². The van der Waals surface area contributed by atoms with Crippen molar-refractivity contribution in [1.82, 2.24) is 14.9 Å². The van der Waals surface area contributed by atoms with Crippen molar-refractivity contribution in [1.29, 1.82) is 5.41 Å². The van der Waals surface area contributed by atoms with Gasteiger partial charge in [0.1, 0.15) is 17.0 Å². The van der Waals surface area contributed by atoms with Crippen molar-refractivity contribution in [3.8, 4) is 0 Å². The molecule has 2 aliphatic rings. The molecule has 4 heterocycles. The Bertz CT molecular complexity index is 983. The van der Waals surface area contributed by atoms with Gasteiger partial charge in [0.15, 0.2) is 0 Å². The Labute approximate surface area is 171 Å². The van der Waals surface area contributed by atoms with Crippen LogP contribution in [0.2, 0.25) is 0 Å². The van der Waals surface area contributed by atoms with Gasteiger partial charge in [-0.1, -0.05) is 6.08 Å². The number of morpholine rings is 1. The average Bonchev–Trinajstić information content (AvgIpc) is 2.73. The predicted octanol–water partition coefficient (Wildman–Crippen LogP) is 2.52. The molecule has 0 aromatic carbocycles. The van der Waals surface area contributed by atoms with Gasteiger partial charge in [0.25, 0.3) is 0 Å². The van der Waals surface area contributed by atoms with Crippen LogP contribution in [-0.2, 0) is 4.74 Å². The molecule has 29 heavy (non-hydrogen) atoms. The van der Waals surface area contributed by atoms with E-state index in [1.54, 1.807) is 12.3 Å². The molecule has 2 aromatic rings. The summed E-state index contributed by atoms with van der Waals surface area (Å²) in [7, 11) is 2.14. The second kappa shape index (κ2) is 8.31. The zero-order valence-corrected chi connectivity index (χ0v) is 17.1. The van der Waals surface area contributed by atoms with Gasteiger partial charge >= 0.3 is 0 Å². The summed E-state index contributed by atoms with van der Waals surface area (Å²) in [5, 5.41) is 8.43. The highest BCUT2D eigenvalue weighted by atomic mass is 16.5. The van der Waals surface area contributed by atoms with Gasteiger partial charge in [-0.2, -0.15) is 0 Å². The smallest absolute Gasteiger partial charge is 0.130 e. The Kier molecular flexibility index (Phi) is 5.60. The average molecular weight is 393 g/mol. The van der Waals surface area contributed by atoms with Gasteiger partial charge in [0.05, 0.1) is 25.0 Å². The van der Waals surface area contributed by atoms with Crippen LogP contribution in [-0.4, -0.2) is 67.0 Å². The Morgan fingerprint density at radius 3 is 2.97 bits per heavy atom. The summed E-state index contributed by atoms with van der Waals surface area (Å²) in [6, 6.07) is 4.48. The van der Waals surface area contributed by atoms with E-state index in [2.05, 4.69) is 40.9 Å². The SMILES string of the molecule is CC1COCCN1c1cc(C2=CCN(C)CC2)c2ccnc(/C(N)=C/C=N)c2n1. The molecule has 0 saturated carbocycles. The third-order valence-electron chi connectivity index (χ3n) is 5.67. The van der Waals surface area contributed by atoms with Gasteiger partial charge in [-0.3, -0.25) is 4.98 Å². The van der Waals surface area contributed by atoms with Crippen molar-refractivity contribution in [3.05, 3.63) is 41.7 Å². The van der Waals surface area contributed by atoms with Gasteiger partial charge < -0.3 is 25.7 Å². The molecule has 7 heteroatoms. The summed E-state index contributed by atoms with van der Waals surface area (Å²) in [6.07, 6.45) is 7.82. The molecule has 7 nitrogen and oxygen atoms in total. The standard InChI is InChI=1S/C22H28N6O/c1-15-14-29-12-11-28(15)20-13-18(16-5-9-27(2)10-6-16)17-4-8-25-22(21(17)26-20)19(24)3-7-23/h3-5,7-8,13,15,23H,6,9-12,14,24H2,1-2H3/b19-3-,23-7?. The number of aromatic nitrogens is 2. The molecule has 2 aliphatic heterocycles. The van der Waals surface area contributed by atoms with Gasteiger partial charge in [0.2, 0.25) is 0 Å². The number of pyridine rings is 2. The monoisotopic (exact) mass is 392 g/mol. The molecule has 0 spiro atoms. The number of ether oxygens (including phenoxy) is 1. The van der Waals surface area contributed by atoms with Gasteiger partial charge in [-0.25, -0.2) is 4.98 Å². The fourth-order valence-corrected chi connectivity index (χ4v) is 4.01. The highest BCUT2D eigenvalue weighted by molar-refractivity contribution is 5.99. The molecule has 2 aromatic heterocycles. The second-order valence-corrected chi connectivity index (χ2v) is 7.73. The van der Waals surface area contributed by atoms with E-state index < -0.39 is 0 Å². The van der Waals surface area contributed by atoms with Crippen molar-refractivity contribution in [3.63, 3.8) is 0 Å². The second-order valence-electron chi connectivity index (χ2n) is 7.73. The van der Waals surface area contributed by atoms with Gasteiger partial charge in [-0.05, 0) is 49.7 Å². The summed E-state index contributed by atoms with van der Waals surface area (Å²) in [6.45, 7) is 6.33. The molecule has 0 radical (unpaired) electrons. The molecule has 3 N–H and O–H groups in total. The van der Waals surface area contributed by atoms with E-state index in [0.29, 0.717) is 24.6 Å². The molecule has 1 unspecified atom stereocenters. The number of allylic oxidation sites excluding steroid dienone is 1. The molecule has 0 bridgehead atoms. The number of nitrogens with one attached hydrogen (secondary N) is 1. The number of nitrogens with zero attached hydrogens (tertiary/aromatic N) is 4. The minimum atomic E-state index is 0.252. The first kappa shape index (κ1) is 19.5. The van der Waals surface area contributed by atoms with Crippen LogP contribution in [0.15, 0.2) is 30.5 Å². The molecule has 1 fully saturated rings. The first-order chi connectivity index (χ1) is 14.1. The van der Waals surface area contributed by atoms with E-state index in [9.17, 15) is 0 Å². The van der Waals surface area contributed by atoms with Gasteiger partial charge in [-0.15, -0.1) is 0 Å². The lowest BCUT2D eigenvalue weighted by Crippen LogP contribution is -2.44. The Morgan fingerprint density at radius 2 is 2.24 bits per heavy atom. The minimum absolute atomic E-state index is 0.252. The molecular formula is C22H28N6O. The number of likely N-dealkylation sites (N-methyl/N-ethyl adjacent to an activating group) is 1. The molecule has 0 aliphatic carbocycles. The lowest BCUT2D eigenvalue weighted by Gasteiger charge is -2.35. The normalized spacial score (nSPS) is 21.3. The fraction of sp³-hybridized carbons (Fsp3) is 0.409. The summed E-state index contributed by atoms with van der Waals surface area (Å²) in [5.41, 5.74) is 10.6. The molecular weight excluding hydrogens is 364 g/mol. The van der Waals surface area contributed by atoms with Crippen LogP contribution in [0, 0.1) is 5.41 Å². The molecule has 0 amide bonds. The molecule has 1 atom stereocenters. The van der Waals surface area contributed by atoms with E-state index in [-0.39, 0.29) is 6.04 Å². The topological polar surface area (TPSA) is 91.4 Å². The number of fused-ring (bicyclic) bond motifs is 1. The zero-order valence-electron chi connectivity index (χ0n) is 17.1. The van der Waals surface area contributed by atoms with E-state index in [1.165, 1.54) is 17.4 Å². The van der Waals surface area contributed by atoms with Crippen LogP contribution in [0.4, 0.5) is 5.82 Å². The van der Waals surface area contributed by atoms with Crippen LogP contribution in [0.25, 0.3) is 22.2 Å². The van der Waals surface area contributed by atoms with Crippen molar-refractivity contribution in [2.45, 2.75) is 19.4 Å². The number of rotatable bonds is 4. The van der Waals surface area contributed by atoms with Crippen molar-refractivity contribution in [2.75, 3.05) is 44.8 Å². The fourth-order valence-electron chi connectivity index (χ4n) is 4.01. The zero-order chi connectivity index (χ0) is 20.4. The van der Waals surface area contributed by atoms with Crippen molar-refractivity contribution in [2.24, 2.45) is 5.73 Å². The van der Waals surface area contributed by atoms with Gasteiger partial charge in [0, 0.05) is 37.4 Å². The molecule has 152 valence electrons. The molecule has 4 rings (SSSR count). The minimum Gasteiger partial charge on any atom is -0.397 e. The number of hydrogen-bond donors (Lipinski definition) is 2. The maximum absolute atomic E-state index is 7.38. The van der Waals surface area contributed by atoms with Crippen molar-refractivity contribution >= 4 is 34.2 Å². The maximum atomic E-state index is 7.38. The van der Waals surface area contributed by atoms with Crippen LogP contribution in [0.5, 0.6) is 0 Å². The summed E-state index contributed by atoms with van der Waals surface area (Å²) >= 11 is 0.